The van der Waals surface area contributed by atoms with Gasteiger partial charge in [-0.3, -0.25) is 4.90 Å². The topological polar surface area (TPSA) is 88.7 Å². The highest BCUT2D eigenvalue weighted by molar-refractivity contribution is 5.81. The molecule has 1 aliphatic heterocycles. The Kier molecular flexibility index (Phi) is 3.47. The Hall–Kier alpha value is -1.47. The van der Waals surface area contributed by atoms with Crippen LogP contribution in [-0.2, 0) is 11.2 Å². The van der Waals surface area contributed by atoms with Gasteiger partial charge in [0, 0.05) is 26.1 Å². The first kappa shape index (κ1) is 11.0. The van der Waals surface area contributed by atoms with Crippen molar-refractivity contribution in [1.82, 2.24) is 15.0 Å². The van der Waals surface area contributed by atoms with Gasteiger partial charge in [0.05, 0.1) is 13.2 Å². The van der Waals surface area contributed by atoms with Crippen molar-refractivity contribution >= 4 is 5.97 Å². The van der Waals surface area contributed by atoms with Crippen LogP contribution < -0.4 is 0 Å². The van der Waals surface area contributed by atoms with Crippen LogP contribution in [0.5, 0.6) is 0 Å². The molecule has 0 bridgehead atoms. The molecule has 0 unspecified atom stereocenters. The van der Waals surface area contributed by atoms with Crippen LogP contribution in [0.25, 0.3) is 0 Å². The molecule has 0 amide bonds. The summed E-state index contributed by atoms with van der Waals surface area (Å²) in [4.78, 5) is 16.5. The van der Waals surface area contributed by atoms with Crippen LogP contribution in [-0.4, -0.2) is 59.0 Å². The Morgan fingerprint density at radius 3 is 2.81 bits per heavy atom. The number of aromatic nitrogens is 2. The molecule has 0 saturated carbocycles. The lowest BCUT2D eigenvalue weighted by Gasteiger charge is -2.25. The third-order valence-corrected chi connectivity index (χ3v) is 2.41. The van der Waals surface area contributed by atoms with E-state index in [9.17, 15) is 4.79 Å². The van der Waals surface area contributed by atoms with Crippen molar-refractivity contribution in [3.63, 3.8) is 0 Å². The number of carboxylic acids is 1. The van der Waals surface area contributed by atoms with Gasteiger partial charge in [0.2, 0.25) is 0 Å². The van der Waals surface area contributed by atoms with Crippen molar-refractivity contribution < 1.29 is 19.2 Å². The highest BCUT2D eigenvalue weighted by Gasteiger charge is 2.15. The molecule has 0 spiro atoms. The second-order valence-electron chi connectivity index (χ2n) is 3.52. The SMILES string of the molecule is O=C(O)c1nc(CCN2CCOCC2)no1. The molecule has 1 saturated heterocycles. The van der Waals surface area contributed by atoms with Crippen LogP contribution in [0.15, 0.2) is 4.52 Å². The normalized spacial score (nSPS) is 17.5. The molecule has 1 aromatic heterocycles. The van der Waals surface area contributed by atoms with Crippen LogP contribution in [0.2, 0.25) is 0 Å². The molecule has 88 valence electrons. The van der Waals surface area contributed by atoms with Gasteiger partial charge >= 0.3 is 11.9 Å². The molecular weight excluding hydrogens is 214 g/mol. The van der Waals surface area contributed by atoms with Crippen molar-refractivity contribution in [3.05, 3.63) is 11.7 Å². The quantitative estimate of drug-likeness (QED) is 0.751. The summed E-state index contributed by atoms with van der Waals surface area (Å²) in [5, 5.41) is 12.2. The third kappa shape index (κ3) is 2.77. The molecule has 1 aromatic rings. The minimum absolute atomic E-state index is 0.350. The monoisotopic (exact) mass is 227 g/mol. The van der Waals surface area contributed by atoms with E-state index in [0.29, 0.717) is 12.2 Å². The minimum Gasteiger partial charge on any atom is -0.474 e. The van der Waals surface area contributed by atoms with Gasteiger partial charge < -0.3 is 14.4 Å². The van der Waals surface area contributed by atoms with Crippen LogP contribution in [0.3, 0.4) is 0 Å². The molecule has 0 radical (unpaired) electrons. The molecular formula is C9H13N3O4. The summed E-state index contributed by atoms with van der Waals surface area (Å²) < 4.78 is 9.78. The predicted molar refractivity (Wildman–Crippen MR) is 52.2 cm³/mol. The maximum atomic E-state index is 10.5. The van der Waals surface area contributed by atoms with Gasteiger partial charge in [0.1, 0.15) is 0 Å². The number of carboxylic acid groups (broad SMARTS) is 1. The van der Waals surface area contributed by atoms with Gasteiger partial charge in [-0.25, -0.2) is 4.79 Å². The fourth-order valence-corrected chi connectivity index (χ4v) is 1.53. The van der Waals surface area contributed by atoms with Crippen LogP contribution in [0, 0.1) is 0 Å². The van der Waals surface area contributed by atoms with Gasteiger partial charge in [-0.1, -0.05) is 5.16 Å². The van der Waals surface area contributed by atoms with Crippen LogP contribution >= 0.6 is 0 Å². The molecule has 1 N–H and O–H groups in total. The highest BCUT2D eigenvalue weighted by atomic mass is 16.5. The van der Waals surface area contributed by atoms with Gasteiger partial charge in [0.15, 0.2) is 5.82 Å². The Bertz CT molecular complexity index is 359. The van der Waals surface area contributed by atoms with Gasteiger partial charge in [-0.15, -0.1) is 0 Å². The first-order valence-electron chi connectivity index (χ1n) is 5.11. The van der Waals surface area contributed by atoms with E-state index >= 15 is 0 Å². The van der Waals surface area contributed by atoms with E-state index in [0.717, 1.165) is 32.8 Å². The summed E-state index contributed by atoms with van der Waals surface area (Å²) >= 11 is 0. The number of ether oxygens (including phenoxy) is 1. The zero-order chi connectivity index (χ0) is 11.4. The lowest BCUT2D eigenvalue weighted by atomic mass is 10.3. The van der Waals surface area contributed by atoms with Crippen molar-refractivity contribution in [3.8, 4) is 0 Å². The van der Waals surface area contributed by atoms with Gasteiger partial charge in [0.25, 0.3) is 0 Å². The lowest BCUT2D eigenvalue weighted by molar-refractivity contribution is 0.0381. The van der Waals surface area contributed by atoms with Crippen LogP contribution in [0.1, 0.15) is 16.5 Å². The molecule has 0 aromatic carbocycles. The average Bonchev–Trinajstić information content (AvgIpc) is 2.76. The maximum Gasteiger partial charge on any atom is 0.394 e. The standard InChI is InChI=1S/C9H13N3O4/c13-9(14)8-10-7(11-16-8)1-2-12-3-5-15-6-4-12/h1-6H2,(H,13,14). The number of aromatic carboxylic acids is 1. The van der Waals surface area contributed by atoms with Gasteiger partial charge in [-0.05, 0) is 0 Å². The van der Waals surface area contributed by atoms with E-state index in [4.69, 9.17) is 9.84 Å². The Morgan fingerprint density at radius 1 is 1.44 bits per heavy atom. The zero-order valence-corrected chi connectivity index (χ0v) is 8.76. The molecule has 2 heterocycles. The molecule has 1 aliphatic rings. The van der Waals surface area contributed by atoms with Crippen molar-refractivity contribution in [2.45, 2.75) is 6.42 Å². The predicted octanol–water partition coefficient (Wildman–Crippen LogP) is -0.357. The molecule has 0 aliphatic carbocycles. The summed E-state index contributed by atoms with van der Waals surface area (Å²) in [7, 11) is 0. The van der Waals surface area contributed by atoms with E-state index in [-0.39, 0.29) is 5.89 Å². The Labute approximate surface area is 92.0 Å². The Balaban J connectivity index is 1.81. The van der Waals surface area contributed by atoms with Crippen molar-refractivity contribution in [2.24, 2.45) is 0 Å². The molecule has 1 fully saturated rings. The summed E-state index contributed by atoms with van der Waals surface area (Å²) in [6.45, 7) is 4.06. The minimum atomic E-state index is -1.19. The molecule has 7 nitrogen and oxygen atoms in total. The van der Waals surface area contributed by atoms with Crippen molar-refractivity contribution in [2.75, 3.05) is 32.8 Å². The maximum absolute atomic E-state index is 10.5. The van der Waals surface area contributed by atoms with E-state index in [1.165, 1.54) is 0 Å². The highest BCUT2D eigenvalue weighted by Crippen LogP contribution is 2.01. The third-order valence-electron chi connectivity index (χ3n) is 2.41. The number of hydrogen-bond donors (Lipinski definition) is 1. The fraction of sp³-hybridized carbons (Fsp3) is 0.667. The number of nitrogens with zero attached hydrogens (tertiary/aromatic N) is 3. The second kappa shape index (κ2) is 5.04. The number of carbonyl (C=O) groups is 1. The average molecular weight is 227 g/mol. The van der Waals surface area contributed by atoms with E-state index in [2.05, 4.69) is 19.6 Å². The largest absolute Gasteiger partial charge is 0.474 e. The molecule has 2 rings (SSSR count). The summed E-state index contributed by atoms with van der Waals surface area (Å²) in [6, 6.07) is 0. The first-order valence-corrected chi connectivity index (χ1v) is 5.11. The fourth-order valence-electron chi connectivity index (χ4n) is 1.53. The Morgan fingerprint density at radius 2 is 2.19 bits per heavy atom. The lowest BCUT2D eigenvalue weighted by Crippen LogP contribution is -2.37. The van der Waals surface area contributed by atoms with Crippen molar-refractivity contribution in [1.29, 1.82) is 0 Å². The van der Waals surface area contributed by atoms with E-state index in [1.807, 2.05) is 0 Å². The smallest absolute Gasteiger partial charge is 0.394 e. The summed E-state index contributed by atoms with van der Waals surface area (Å²) in [5.74, 6) is -1.11. The second-order valence-corrected chi connectivity index (χ2v) is 3.52. The summed E-state index contributed by atoms with van der Waals surface area (Å²) in [6.07, 6.45) is 0.594. The molecule has 16 heavy (non-hydrogen) atoms. The molecule has 7 heteroatoms. The van der Waals surface area contributed by atoms with E-state index in [1.54, 1.807) is 0 Å². The molecule has 0 atom stereocenters. The number of morpholine rings is 1. The number of hydrogen-bond acceptors (Lipinski definition) is 6. The number of rotatable bonds is 4. The van der Waals surface area contributed by atoms with E-state index < -0.39 is 5.97 Å². The first-order chi connectivity index (χ1) is 7.75. The zero-order valence-electron chi connectivity index (χ0n) is 8.76. The summed E-state index contributed by atoms with van der Waals surface area (Å²) in [5.41, 5.74) is 0. The van der Waals surface area contributed by atoms with Crippen LogP contribution in [0.4, 0.5) is 0 Å². The van der Waals surface area contributed by atoms with Gasteiger partial charge in [-0.2, -0.15) is 4.98 Å².